The van der Waals surface area contributed by atoms with E-state index in [0.29, 0.717) is 44.6 Å². The predicted octanol–water partition coefficient (Wildman–Crippen LogP) is -0.419. The molecular weight excluding hydrogens is 300 g/mol. The van der Waals surface area contributed by atoms with Crippen LogP contribution in [-0.4, -0.2) is 65.6 Å². The molecule has 1 aliphatic heterocycles. The van der Waals surface area contributed by atoms with E-state index in [0.717, 1.165) is 0 Å². The lowest BCUT2D eigenvalue weighted by atomic mass is 10.2. The number of anilines is 1. The molecule has 1 fully saturated rings. The number of ether oxygens (including phenoxy) is 1. The monoisotopic (exact) mass is 322 g/mol. The van der Waals surface area contributed by atoms with E-state index in [1.165, 1.54) is 0 Å². The number of urea groups is 1. The molecule has 9 heteroatoms. The van der Waals surface area contributed by atoms with E-state index in [9.17, 15) is 9.59 Å². The van der Waals surface area contributed by atoms with E-state index < -0.39 is 12.1 Å². The Morgan fingerprint density at radius 3 is 2.70 bits per heavy atom. The Morgan fingerprint density at radius 1 is 1.39 bits per heavy atom. The summed E-state index contributed by atoms with van der Waals surface area (Å²) in [5.74, 6) is 0.981. The molecule has 23 heavy (non-hydrogen) atoms. The topological polar surface area (TPSA) is 114 Å². The third-order valence-electron chi connectivity index (χ3n) is 3.51. The summed E-state index contributed by atoms with van der Waals surface area (Å²) in [6.45, 7) is 6.36. The molecule has 1 saturated heterocycles. The summed E-state index contributed by atoms with van der Waals surface area (Å²) in [5.41, 5.74) is 5.04. The Morgan fingerprint density at radius 2 is 2.09 bits per heavy atom. The number of nitrogens with one attached hydrogen (secondary N) is 1. The fraction of sp³-hybridized carbons (Fsp3) is 0.571. The van der Waals surface area contributed by atoms with Gasteiger partial charge in [-0.05, 0) is 13.8 Å². The van der Waals surface area contributed by atoms with Gasteiger partial charge in [0.2, 0.25) is 17.7 Å². The Kier molecular flexibility index (Phi) is 5.56. The van der Waals surface area contributed by atoms with E-state index >= 15 is 0 Å². The summed E-state index contributed by atoms with van der Waals surface area (Å²) >= 11 is 0. The molecular formula is C14H22N6O3. The van der Waals surface area contributed by atoms with Crippen molar-refractivity contribution in [2.24, 2.45) is 5.73 Å². The van der Waals surface area contributed by atoms with Gasteiger partial charge >= 0.3 is 6.03 Å². The van der Waals surface area contributed by atoms with Crippen molar-refractivity contribution in [3.05, 3.63) is 12.3 Å². The molecule has 2 heterocycles. The molecule has 0 aliphatic carbocycles. The average molecular weight is 322 g/mol. The zero-order valence-electron chi connectivity index (χ0n) is 13.4. The minimum absolute atomic E-state index is 0.146. The van der Waals surface area contributed by atoms with Crippen LogP contribution >= 0.6 is 0 Å². The molecule has 0 radical (unpaired) electrons. The molecule has 0 unspecified atom stereocenters. The smallest absolute Gasteiger partial charge is 0.312 e. The van der Waals surface area contributed by atoms with Gasteiger partial charge in [0.25, 0.3) is 0 Å². The van der Waals surface area contributed by atoms with Crippen LogP contribution in [0.2, 0.25) is 0 Å². The van der Waals surface area contributed by atoms with Crippen molar-refractivity contribution in [3.63, 3.8) is 0 Å². The first kappa shape index (κ1) is 16.8. The number of rotatable bonds is 5. The number of piperazine rings is 1. The lowest BCUT2D eigenvalue weighted by molar-refractivity contribution is -0.133. The zero-order valence-corrected chi connectivity index (χ0v) is 13.4. The molecule has 9 nitrogen and oxygen atoms in total. The van der Waals surface area contributed by atoms with Crippen LogP contribution in [0.15, 0.2) is 12.3 Å². The summed E-state index contributed by atoms with van der Waals surface area (Å²) in [6, 6.07) is 0.381. The second kappa shape index (κ2) is 7.61. The van der Waals surface area contributed by atoms with Gasteiger partial charge in [0.15, 0.2) is 0 Å². The minimum Gasteiger partial charge on any atom is -0.478 e. The van der Waals surface area contributed by atoms with Crippen molar-refractivity contribution in [2.45, 2.75) is 19.9 Å². The Bertz CT molecular complexity index is 559. The number of carbonyl (C=O) groups excluding carboxylic acids is 2. The number of nitrogens with zero attached hydrogens (tertiary/aromatic N) is 4. The third-order valence-corrected chi connectivity index (χ3v) is 3.51. The maximum absolute atomic E-state index is 12.2. The minimum atomic E-state index is -0.703. The first-order valence-electron chi connectivity index (χ1n) is 7.56. The van der Waals surface area contributed by atoms with Crippen LogP contribution in [-0.2, 0) is 4.79 Å². The fourth-order valence-corrected chi connectivity index (χ4v) is 2.39. The maximum atomic E-state index is 12.2. The second-order valence-corrected chi connectivity index (χ2v) is 5.17. The first-order chi connectivity index (χ1) is 11.0. The molecule has 0 spiro atoms. The molecule has 3 amide bonds. The van der Waals surface area contributed by atoms with Crippen LogP contribution < -0.4 is 20.7 Å². The van der Waals surface area contributed by atoms with Crippen molar-refractivity contribution in [1.29, 1.82) is 0 Å². The molecule has 1 aromatic rings. The lowest BCUT2D eigenvalue weighted by Gasteiger charge is -2.35. The van der Waals surface area contributed by atoms with Gasteiger partial charge in [-0.2, -0.15) is 4.98 Å². The maximum Gasteiger partial charge on any atom is 0.312 e. The summed E-state index contributed by atoms with van der Waals surface area (Å²) in [7, 11) is 0. The van der Waals surface area contributed by atoms with Crippen LogP contribution in [0.5, 0.6) is 5.88 Å². The predicted molar refractivity (Wildman–Crippen MR) is 84.2 cm³/mol. The molecule has 126 valence electrons. The van der Waals surface area contributed by atoms with Crippen molar-refractivity contribution >= 4 is 17.9 Å². The van der Waals surface area contributed by atoms with E-state index in [-0.39, 0.29) is 5.91 Å². The molecule has 0 aromatic carbocycles. The molecule has 0 bridgehead atoms. The number of aromatic nitrogens is 2. The third kappa shape index (κ3) is 4.44. The number of nitrogens with two attached hydrogens (primary N) is 1. The molecule has 3 N–H and O–H groups in total. The van der Waals surface area contributed by atoms with Gasteiger partial charge in [0.05, 0.1) is 6.61 Å². The van der Waals surface area contributed by atoms with E-state index in [2.05, 4.69) is 15.3 Å². The molecule has 1 atom stereocenters. The molecule has 0 saturated carbocycles. The van der Waals surface area contributed by atoms with Crippen LogP contribution in [0.4, 0.5) is 10.7 Å². The van der Waals surface area contributed by atoms with Gasteiger partial charge in [0.1, 0.15) is 6.04 Å². The summed E-state index contributed by atoms with van der Waals surface area (Å²) in [5, 5.41) is 2.40. The number of hydrogen-bond acceptors (Lipinski definition) is 6. The van der Waals surface area contributed by atoms with E-state index in [4.69, 9.17) is 10.5 Å². The summed E-state index contributed by atoms with van der Waals surface area (Å²) in [6.07, 6.45) is 1.66. The van der Waals surface area contributed by atoms with Gasteiger partial charge in [-0.3, -0.25) is 4.79 Å². The fourth-order valence-electron chi connectivity index (χ4n) is 2.39. The Balaban J connectivity index is 1.92. The first-order valence-corrected chi connectivity index (χ1v) is 7.56. The van der Waals surface area contributed by atoms with Crippen molar-refractivity contribution < 1.29 is 14.3 Å². The highest BCUT2D eigenvalue weighted by Gasteiger charge is 2.26. The van der Waals surface area contributed by atoms with Gasteiger partial charge < -0.3 is 25.6 Å². The van der Waals surface area contributed by atoms with E-state index in [1.807, 2.05) is 11.8 Å². The highest BCUT2D eigenvalue weighted by Crippen LogP contribution is 2.15. The lowest BCUT2D eigenvalue weighted by Crippen LogP contribution is -2.55. The standard InChI is InChI=1S/C14H22N6O3/c1-3-23-11-4-5-16-14(18-11)20-8-6-19(7-9-20)12(21)10(2)17-13(15)22/h4-5,10H,3,6-9H2,1-2H3,(H3,15,17,22)/t10-/m0/s1. The molecule has 2 rings (SSSR count). The van der Waals surface area contributed by atoms with E-state index in [1.54, 1.807) is 24.1 Å². The Labute approximate surface area is 134 Å². The summed E-state index contributed by atoms with van der Waals surface area (Å²) < 4.78 is 5.37. The number of primary amides is 1. The van der Waals surface area contributed by atoms with Gasteiger partial charge in [-0.25, -0.2) is 9.78 Å². The number of hydrogen-bond donors (Lipinski definition) is 2. The SMILES string of the molecule is CCOc1ccnc(N2CCN(C(=O)[C@H](C)NC(N)=O)CC2)n1. The average Bonchev–Trinajstić information content (AvgIpc) is 2.54. The van der Waals surface area contributed by atoms with Crippen LogP contribution in [0.3, 0.4) is 0 Å². The quantitative estimate of drug-likeness (QED) is 0.761. The van der Waals surface area contributed by atoms with Crippen LogP contribution in [0, 0.1) is 0 Å². The van der Waals surface area contributed by atoms with Crippen molar-refractivity contribution in [1.82, 2.24) is 20.2 Å². The van der Waals surface area contributed by atoms with Crippen LogP contribution in [0.25, 0.3) is 0 Å². The normalized spacial score (nSPS) is 15.9. The van der Waals surface area contributed by atoms with Gasteiger partial charge in [-0.15, -0.1) is 0 Å². The number of amides is 3. The van der Waals surface area contributed by atoms with Gasteiger partial charge in [-0.1, -0.05) is 0 Å². The van der Waals surface area contributed by atoms with Crippen LogP contribution in [0.1, 0.15) is 13.8 Å². The largest absolute Gasteiger partial charge is 0.478 e. The Hall–Kier alpha value is -2.58. The molecule has 1 aromatic heterocycles. The zero-order chi connectivity index (χ0) is 16.8. The number of carbonyl (C=O) groups is 2. The highest BCUT2D eigenvalue weighted by atomic mass is 16.5. The summed E-state index contributed by atoms with van der Waals surface area (Å²) in [4.78, 5) is 35.3. The van der Waals surface area contributed by atoms with Crippen molar-refractivity contribution in [2.75, 3.05) is 37.7 Å². The van der Waals surface area contributed by atoms with Crippen molar-refractivity contribution in [3.8, 4) is 5.88 Å². The highest BCUT2D eigenvalue weighted by molar-refractivity contribution is 5.86. The second-order valence-electron chi connectivity index (χ2n) is 5.17. The molecule has 1 aliphatic rings. The van der Waals surface area contributed by atoms with Gasteiger partial charge in [0, 0.05) is 38.4 Å².